The lowest BCUT2D eigenvalue weighted by molar-refractivity contribution is 0.0653. The van der Waals surface area contributed by atoms with E-state index in [1.54, 1.807) is 0 Å². The van der Waals surface area contributed by atoms with Crippen LogP contribution in [0.2, 0.25) is 0 Å². The molecule has 5 aromatic rings. The molecule has 5 aromatic carbocycles. The van der Waals surface area contributed by atoms with Crippen molar-refractivity contribution >= 4 is 11.8 Å². The topological polar surface area (TPSA) is 37.4 Å². The molecule has 1 aliphatic heterocycles. The second kappa shape index (κ2) is 10.5. The molecule has 0 N–H and O–H groups in total. The van der Waals surface area contributed by atoms with Crippen molar-refractivity contribution in [2.75, 3.05) is 6.54 Å². The van der Waals surface area contributed by atoms with Crippen LogP contribution in [-0.4, -0.2) is 23.3 Å². The standard InChI is InChI=1S/C36H29NO2/c1-2-3-24-37-35(38)33-31(27-20-12-6-13-21-27)29(25-16-8-4-9-17-25)30(26-18-10-5-11-19-26)32(34(33)36(37)39)28-22-14-7-15-23-28/h4-23H,2-3,24H2,1H3. The van der Waals surface area contributed by atoms with Gasteiger partial charge in [0, 0.05) is 17.7 Å². The number of rotatable bonds is 7. The van der Waals surface area contributed by atoms with E-state index in [2.05, 4.69) is 31.2 Å². The Morgan fingerprint density at radius 2 is 0.718 bits per heavy atom. The molecule has 0 spiro atoms. The molecule has 1 aliphatic rings. The minimum absolute atomic E-state index is 0.212. The van der Waals surface area contributed by atoms with Crippen molar-refractivity contribution in [3.63, 3.8) is 0 Å². The number of imide groups is 1. The van der Waals surface area contributed by atoms with Crippen LogP contribution in [0.5, 0.6) is 0 Å². The Hall–Kier alpha value is -4.76. The number of benzene rings is 5. The number of nitrogens with zero attached hydrogens (tertiary/aromatic N) is 1. The monoisotopic (exact) mass is 507 g/mol. The van der Waals surface area contributed by atoms with E-state index < -0.39 is 0 Å². The molecule has 0 bridgehead atoms. The highest BCUT2D eigenvalue weighted by atomic mass is 16.2. The number of fused-ring (bicyclic) bond motifs is 1. The maximum Gasteiger partial charge on any atom is 0.262 e. The summed E-state index contributed by atoms with van der Waals surface area (Å²) in [5.74, 6) is -0.424. The number of amides is 2. The van der Waals surface area contributed by atoms with Gasteiger partial charge in [-0.05, 0) is 39.8 Å². The molecule has 0 aliphatic carbocycles. The van der Waals surface area contributed by atoms with Gasteiger partial charge in [-0.3, -0.25) is 14.5 Å². The van der Waals surface area contributed by atoms with Crippen molar-refractivity contribution < 1.29 is 9.59 Å². The number of carbonyl (C=O) groups excluding carboxylic acids is 2. The molecular formula is C36H29NO2. The smallest absolute Gasteiger partial charge is 0.262 e. The Labute approximate surface area is 229 Å². The molecule has 6 rings (SSSR count). The summed E-state index contributed by atoms with van der Waals surface area (Å²) in [5.41, 5.74) is 8.39. The van der Waals surface area contributed by atoms with Gasteiger partial charge < -0.3 is 0 Å². The van der Waals surface area contributed by atoms with Gasteiger partial charge in [-0.15, -0.1) is 0 Å². The van der Waals surface area contributed by atoms with Crippen LogP contribution < -0.4 is 0 Å². The van der Waals surface area contributed by atoms with E-state index in [4.69, 9.17) is 0 Å². The summed E-state index contributed by atoms with van der Waals surface area (Å²) in [5, 5.41) is 0. The summed E-state index contributed by atoms with van der Waals surface area (Å²) in [6.45, 7) is 2.48. The average Bonchev–Trinajstić information content (AvgIpc) is 3.25. The molecule has 2 amide bonds. The summed E-state index contributed by atoms with van der Waals surface area (Å²) in [6, 6.07) is 40.5. The predicted octanol–water partition coefficient (Wildman–Crippen LogP) is 8.75. The van der Waals surface area contributed by atoms with Gasteiger partial charge in [-0.2, -0.15) is 0 Å². The van der Waals surface area contributed by atoms with Gasteiger partial charge in [0.05, 0.1) is 11.1 Å². The van der Waals surface area contributed by atoms with Crippen molar-refractivity contribution in [2.24, 2.45) is 0 Å². The van der Waals surface area contributed by atoms with Gasteiger partial charge in [-0.25, -0.2) is 0 Å². The van der Waals surface area contributed by atoms with Gasteiger partial charge in [0.15, 0.2) is 0 Å². The van der Waals surface area contributed by atoms with E-state index in [1.165, 1.54) is 4.90 Å². The zero-order chi connectivity index (χ0) is 26.8. The van der Waals surface area contributed by atoms with Gasteiger partial charge in [0.25, 0.3) is 11.8 Å². The van der Waals surface area contributed by atoms with E-state index in [9.17, 15) is 9.59 Å². The van der Waals surface area contributed by atoms with Gasteiger partial charge in [0.2, 0.25) is 0 Å². The Morgan fingerprint density at radius 3 is 1.00 bits per heavy atom. The molecule has 0 unspecified atom stereocenters. The minimum atomic E-state index is -0.212. The number of hydrogen-bond donors (Lipinski definition) is 0. The third-order valence-corrected chi connectivity index (χ3v) is 7.40. The summed E-state index contributed by atoms with van der Waals surface area (Å²) in [7, 11) is 0. The molecule has 0 radical (unpaired) electrons. The maximum absolute atomic E-state index is 14.2. The Kier molecular flexibility index (Phi) is 6.64. The molecule has 3 heteroatoms. The highest BCUT2D eigenvalue weighted by Gasteiger charge is 2.42. The van der Waals surface area contributed by atoms with Crippen LogP contribution in [0.25, 0.3) is 44.5 Å². The fraction of sp³-hybridized carbons (Fsp3) is 0.111. The number of unbranched alkanes of at least 4 members (excludes halogenated alkanes) is 1. The van der Waals surface area contributed by atoms with E-state index in [1.807, 2.05) is 97.1 Å². The first-order valence-corrected chi connectivity index (χ1v) is 13.5. The van der Waals surface area contributed by atoms with E-state index in [-0.39, 0.29) is 11.8 Å². The first kappa shape index (κ1) is 24.6. The predicted molar refractivity (Wildman–Crippen MR) is 158 cm³/mol. The molecule has 0 saturated heterocycles. The zero-order valence-corrected chi connectivity index (χ0v) is 21.9. The maximum atomic E-state index is 14.2. The van der Waals surface area contributed by atoms with Crippen molar-refractivity contribution in [3.8, 4) is 44.5 Å². The largest absolute Gasteiger partial charge is 0.274 e. The first-order valence-electron chi connectivity index (χ1n) is 13.5. The van der Waals surface area contributed by atoms with E-state index in [0.717, 1.165) is 57.3 Å². The zero-order valence-electron chi connectivity index (χ0n) is 21.9. The lowest BCUT2D eigenvalue weighted by Crippen LogP contribution is -2.30. The van der Waals surface area contributed by atoms with Crippen LogP contribution in [0, 0.1) is 0 Å². The molecule has 0 atom stereocenters. The molecule has 190 valence electrons. The fourth-order valence-electron chi connectivity index (χ4n) is 5.63. The van der Waals surface area contributed by atoms with Crippen LogP contribution in [0.15, 0.2) is 121 Å². The SMILES string of the molecule is CCCCN1C(=O)c2c(c(-c3ccccc3)c(-c3ccccc3)c(-c3ccccc3)c2-c2ccccc2)C1=O. The van der Waals surface area contributed by atoms with E-state index in [0.29, 0.717) is 17.7 Å². The normalized spacial score (nSPS) is 12.6. The van der Waals surface area contributed by atoms with Crippen LogP contribution >= 0.6 is 0 Å². The van der Waals surface area contributed by atoms with Crippen molar-refractivity contribution in [2.45, 2.75) is 19.8 Å². The summed E-state index contributed by atoms with van der Waals surface area (Å²) >= 11 is 0. The Balaban J connectivity index is 1.85. The Morgan fingerprint density at radius 1 is 0.436 bits per heavy atom. The fourth-order valence-corrected chi connectivity index (χ4v) is 5.63. The molecular weight excluding hydrogens is 478 g/mol. The quantitative estimate of drug-likeness (QED) is 0.207. The molecule has 3 nitrogen and oxygen atoms in total. The van der Waals surface area contributed by atoms with Gasteiger partial charge in [0.1, 0.15) is 0 Å². The Bertz CT molecular complexity index is 1520. The third-order valence-electron chi connectivity index (χ3n) is 7.40. The summed E-state index contributed by atoms with van der Waals surface area (Å²) < 4.78 is 0. The van der Waals surface area contributed by atoms with E-state index >= 15 is 0 Å². The second-order valence-corrected chi connectivity index (χ2v) is 9.83. The molecule has 0 saturated carbocycles. The molecule has 0 fully saturated rings. The van der Waals surface area contributed by atoms with Crippen molar-refractivity contribution in [3.05, 3.63) is 132 Å². The van der Waals surface area contributed by atoms with Crippen LogP contribution in [0.4, 0.5) is 0 Å². The molecule has 39 heavy (non-hydrogen) atoms. The summed E-state index contributed by atoms with van der Waals surface area (Å²) in [4.78, 5) is 29.9. The van der Waals surface area contributed by atoms with Crippen molar-refractivity contribution in [1.29, 1.82) is 0 Å². The van der Waals surface area contributed by atoms with Crippen molar-refractivity contribution in [1.82, 2.24) is 4.90 Å². The average molecular weight is 508 g/mol. The van der Waals surface area contributed by atoms with Crippen LogP contribution in [0.3, 0.4) is 0 Å². The first-order chi connectivity index (χ1) is 19.2. The number of hydrogen-bond acceptors (Lipinski definition) is 2. The molecule has 0 aromatic heterocycles. The highest BCUT2D eigenvalue weighted by molar-refractivity contribution is 6.30. The summed E-state index contributed by atoms with van der Waals surface area (Å²) in [6.07, 6.45) is 1.67. The van der Waals surface area contributed by atoms with Crippen LogP contribution in [-0.2, 0) is 0 Å². The lowest BCUT2D eigenvalue weighted by Gasteiger charge is -2.23. The lowest BCUT2D eigenvalue weighted by atomic mass is 9.78. The van der Waals surface area contributed by atoms with Gasteiger partial charge in [-0.1, -0.05) is 135 Å². The second-order valence-electron chi connectivity index (χ2n) is 9.83. The number of carbonyl (C=O) groups is 2. The molecule has 1 heterocycles. The highest BCUT2D eigenvalue weighted by Crippen LogP contribution is 2.51. The van der Waals surface area contributed by atoms with Crippen LogP contribution in [0.1, 0.15) is 40.5 Å². The minimum Gasteiger partial charge on any atom is -0.274 e. The third kappa shape index (κ3) is 4.26. The van der Waals surface area contributed by atoms with Gasteiger partial charge >= 0.3 is 0 Å².